The number of hydrogen-bond acceptors (Lipinski definition) is 2. The smallest absolute Gasteiger partial charge is 0.177 e. The van der Waals surface area contributed by atoms with Crippen LogP contribution in [0.3, 0.4) is 0 Å². The number of hydrogen-bond donors (Lipinski definition) is 0. The first-order chi connectivity index (χ1) is 15.2. The highest BCUT2D eigenvalue weighted by atomic mass is 16.7. The minimum atomic E-state index is -0.448. The highest BCUT2D eigenvalue weighted by Gasteiger charge is 2.60. The van der Waals surface area contributed by atoms with Crippen molar-refractivity contribution in [2.75, 3.05) is 6.61 Å². The van der Waals surface area contributed by atoms with Gasteiger partial charge in [-0.15, -0.1) is 0 Å². The van der Waals surface area contributed by atoms with Gasteiger partial charge >= 0.3 is 0 Å². The van der Waals surface area contributed by atoms with Crippen LogP contribution in [0.4, 0.5) is 0 Å². The number of fused-ring (bicyclic) bond motifs is 4. The van der Waals surface area contributed by atoms with Crippen molar-refractivity contribution in [1.29, 1.82) is 0 Å². The van der Waals surface area contributed by atoms with Crippen LogP contribution < -0.4 is 0 Å². The Morgan fingerprint density at radius 1 is 0.903 bits per heavy atom. The molecule has 1 unspecified atom stereocenters. The quantitative estimate of drug-likeness (QED) is 0.349. The van der Waals surface area contributed by atoms with Gasteiger partial charge in [-0.25, -0.2) is 0 Å². The van der Waals surface area contributed by atoms with Crippen LogP contribution in [0.25, 0.3) is 16.7 Å². The summed E-state index contributed by atoms with van der Waals surface area (Å²) in [7, 11) is 0. The number of rotatable bonds is 8. The summed E-state index contributed by atoms with van der Waals surface area (Å²) in [6.07, 6.45) is 13.5. The minimum absolute atomic E-state index is 0.0232. The van der Waals surface area contributed by atoms with Gasteiger partial charge in [0.05, 0.1) is 12.7 Å². The highest BCUT2D eigenvalue weighted by molar-refractivity contribution is 6.01. The average molecular weight is 417 g/mol. The molecule has 0 spiro atoms. The van der Waals surface area contributed by atoms with E-state index in [1.54, 1.807) is 0 Å². The molecule has 2 fully saturated rings. The molecule has 2 aromatic rings. The first kappa shape index (κ1) is 21.0. The second kappa shape index (κ2) is 8.56. The number of benzene rings is 2. The summed E-state index contributed by atoms with van der Waals surface area (Å²) in [6, 6.07) is 17.7. The van der Waals surface area contributed by atoms with Gasteiger partial charge in [0.25, 0.3) is 0 Å². The molecule has 0 radical (unpaired) electrons. The zero-order valence-electron chi connectivity index (χ0n) is 19.2. The van der Waals surface area contributed by atoms with Crippen molar-refractivity contribution in [3.63, 3.8) is 0 Å². The van der Waals surface area contributed by atoms with Crippen molar-refractivity contribution < 1.29 is 9.47 Å². The van der Waals surface area contributed by atoms with Crippen molar-refractivity contribution in [3.8, 4) is 11.1 Å². The molecule has 0 amide bonds. The predicted molar refractivity (Wildman–Crippen MR) is 128 cm³/mol. The maximum atomic E-state index is 6.83. The molecule has 5 rings (SSSR count). The molecular formula is C29H36O2. The molecule has 0 aromatic heterocycles. The van der Waals surface area contributed by atoms with E-state index in [-0.39, 0.29) is 11.5 Å². The molecule has 1 heterocycles. The lowest BCUT2D eigenvalue weighted by Gasteiger charge is -2.39. The average Bonchev–Trinajstić information content (AvgIpc) is 3.39. The van der Waals surface area contributed by atoms with E-state index < -0.39 is 5.79 Å². The molecule has 2 nitrogen and oxygen atoms in total. The van der Waals surface area contributed by atoms with E-state index in [1.165, 1.54) is 59.9 Å². The Balaban J connectivity index is 1.47. The number of unbranched alkanes of at least 4 members (excludes halogenated alkanes) is 3. The second-order valence-corrected chi connectivity index (χ2v) is 9.79. The molecule has 3 atom stereocenters. The summed E-state index contributed by atoms with van der Waals surface area (Å²) < 4.78 is 13.3. The Kier molecular flexibility index (Phi) is 5.79. The molecule has 1 saturated carbocycles. The van der Waals surface area contributed by atoms with E-state index in [1.807, 2.05) is 0 Å². The fourth-order valence-corrected chi connectivity index (χ4v) is 6.19. The van der Waals surface area contributed by atoms with Gasteiger partial charge in [-0.1, -0.05) is 87.2 Å². The molecule has 0 N–H and O–H groups in total. The second-order valence-electron chi connectivity index (χ2n) is 9.79. The van der Waals surface area contributed by atoms with Crippen LogP contribution in [0.2, 0.25) is 0 Å². The van der Waals surface area contributed by atoms with Crippen LogP contribution in [0.15, 0.2) is 54.6 Å². The molecule has 2 aliphatic carbocycles. The predicted octanol–water partition coefficient (Wildman–Crippen LogP) is 7.76. The third-order valence-electron chi connectivity index (χ3n) is 7.77. The van der Waals surface area contributed by atoms with Crippen LogP contribution in [0.5, 0.6) is 0 Å². The molecule has 2 heteroatoms. The van der Waals surface area contributed by atoms with Gasteiger partial charge in [0.2, 0.25) is 0 Å². The van der Waals surface area contributed by atoms with Crippen molar-refractivity contribution in [1.82, 2.24) is 0 Å². The Labute approximate surface area is 187 Å². The third kappa shape index (κ3) is 3.58. The molecule has 31 heavy (non-hydrogen) atoms. The standard InChI is InChI=1S/C29H36O2/c1-3-4-5-6-12-22(2)31-29-18-11-17-28(29,19-20-30-29)21-27-25-15-9-7-13-23(25)24-14-8-10-16-26(24)27/h7-10,13-16,21-22H,3-6,11-12,17-20H2,1-2H3/t22?,28-,29+/m1/s1. The largest absolute Gasteiger partial charge is 0.349 e. The van der Waals surface area contributed by atoms with Crippen molar-refractivity contribution >= 4 is 5.57 Å². The lowest BCUT2D eigenvalue weighted by atomic mass is 9.77. The topological polar surface area (TPSA) is 18.5 Å². The SMILES string of the molecule is CCCCCCC(C)O[C@@]12CCC[C@]1(C=C1c3ccccc3-c3ccccc31)CCO2. The summed E-state index contributed by atoms with van der Waals surface area (Å²) in [5.41, 5.74) is 6.78. The molecule has 164 valence electrons. The van der Waals surface area contributed by atoms with Crippen molar-refractivity contribution in [2.24, 2.45) is 5.41 Å². The highest BCUT2D eigenvalue weighted by Crippen LogP contribution is 2.59. The van der Waals surface area contributed by atoms with E-state index in [4.69, 9.17) is 9.47 Å². The van der Waals surface area contributed by atoms with E-state index >= 15 is 0 Å². The van der Waals surface area contributed by atoms with E-state index in [0.29, 0.717) is 0 Å². The third-order valence-corrected chi connectivity index (χ3v) is 7.77. The van der Waals surface area contributed by atoms with Gasteiger partial charge in [0.15, 0.2) is 5.79 Å². The lowest BCUT2D eigenvalue weighted by Crippen LogP contribution is -2.44. The summed E-state index contributed by atoms with van der Waals surface area (Å²) >= 11 is 0. The Morgan fingerprint density at radius 3 is 2.26 bits per heavy atom. The zero-order chi connectivity index (χ0) is 21.3. The van der Waals surface area contributed by atoms with Crippen LogP contribution in [-0.4, -0.2) is 18.5 Å². The van der Waals surface area contributed by atoms with Crippen LogP contribution in [-0.2, 0) is 9.47 Å². The summed E-state index contributed by atoms with van der Waals surface area (Å²) in [5, 5.41) is 0. The Hall–Kier alpha value is -1.90. The normalized spacial score (nSPS) is 27.1. The number of ether oxygens (including phenoxy) is 2. The molecule has 2 aromatic carbocycles. The molecular weight excluding hydrogens is 380 g/mol. The van der Waals surface area contributed by atoms with E-state index in [0.717, 1.165) is 32.3 Å². The van der Waals surface area contributed by atoms with Gasteiger partial charge in [-0.3, -0.25) is 0 Å². The fraction of sp³-hybridized carbons (Fsp3) is 0.517. The molecule has 1 saturated heterocycles. The van der Waals surface area contributed by atoms with Gasteiger partial charge in [0, 0.05) is 11.8 Å². The molecule has 3 aliphatic rings. The summed E-state index contributed by atoms with van der Waals surface area (Å²) in [6.45, 7) is 5.32. The first-order valence-corrected chi connectivity index (χ1v) is 12.4. The van der Waals surface area contributed by atoms with Crippen LogP contribution in [0.1, 0.15) is 82.8 Å². The maximum absolute atomic E-state index is 6.83. The Bertz CT molecular complexity index is 899. The molecule has 0 bridgehead atoms. The van der Waals surface area contributed by atoms with Gasteiger partial charge in [-0.05, 0) is 60.4 Å². The van der Waals surface area contributed by atoms with Gasteiger partial charge < -0.3 is 9.47 Å². The van der Waals surface area contributed by atoms with Gasteiger partial charge in [0.1, 0.15) is 0 Å². The monoisotopic (exact) mass is 416 g/mol. The molecule has 1 aliphatic heterocycles. The fourth-order valence-electron chi connectivity index (χ4n) is 6.19. The van der Waals surface area contributed by atoms with Gasteiger partial charge in [-0.2, -0.15) is 0 Å². The van der Waals surface area contributed by atoms with Crippen molar-refractivity contribution in [3.05, 3.63) is 65.7 Å². The maximum Gasteiger partial charge on any atom is 0.177 e. The van der Waals surface area contributed by atoms with E-state index in [2.05, 4.69) is 68.5 Å². The lowest BCUT2D eigenvalue weighted by molar-refractivity contribution is -0.258. The van der Waals surface area contributed by atoms with Crippen LogP contribution >= 0.6 is 0 Å². The Morgan fingerprint density at radius 2 is 1.58 bits per heavy atom. The van der Waals surface area contributed by atoms with Crippen molar-refractivity contribution in [2.45, 2.75) is 83.5 Å². The summed E-state index contributed by atoms with van der Waals surface area (Å²) in [5.74, 6) is -0.448. The first-order valence-electron chi connectivity index (χ1n) is 12.4. The minimum Gasteiger partial charge on any atom is -0.349 e. The zero-order valence-corrected chi connectivity index (χ0v) is 19.2. The van der Waals surface area contributed by atoms with E-state index in [9.17, 15) is 0 Å². The summed E-state index contributed by atoms with van der Waals surface area (Å²) in [4.78, 5) is 0. The van der Waals surface area contributed by atoms with Crippen LogP contribution in [0, 0.1) is 5.41 Å².